The van der Waals surface area contributed by atoms with Gasteiger partial charge in [-0.3, -0.25) is 38.2 Å². The van der Waals surface area contributed by atoms with Gasteiger partial charge in [0.05, 0.1) is 33.8 Å². The van der Waals surface area contributed by atoms with Crippen LogP contribution in [0.25, 0.3) is 55.8 Å². The van der Waals surface area contributed by atoms with Gasteiger partial charge in [-0.15, -0.1) is 10.2 Å². The molecule has 15 aromatic heterocycles. The van der Waals surface area contributed by atoms with Crippen molar-refractivity contribution in [2.45, 2.75) is 107 Å². The SMILES string of the molecule is Cc1ccc2nc(C(=O)N[C@H]3CCN(c4nccn5cccc45)C3)ncc2c1.O=C(N[C@H]1CCN(c2nccn3cccc23)C1)c1nc(-c2ccccc2)n[nH]1.O=C(N[C@H]1CCN(c2nccn3cccc23)C1)c1noc(C2CCOCC2)n1.O=C(N[C@H]1CCN(c2nccn3ccnc23)C1)c1ccn(C2CCOCC2)n1.O=C(N[C@H]1CCN(c2nccn3cnnc23)C1)c1ccn(-c2ccc(F)cc2)n1. The Balaban J connectivity index is 0.000000104. The number of hydrogen-bond donors (Lipinski definition) is 6. The quantitative estimate of drug-likeness (QED) is 0.0439. The molecule has 43 heteroatoms. The predicted molar refractivity (Wildman–Crippen MR) is 518 cm³/mol. The number of carbonyl (C=O) groups is 5. The molecule has 0 radical (unpaired) electrons. The monoisotopic (exact) mass is 1900 g/mol. The first-order valence-corrected chi connectivity index (χ1v) is 47.2. The minimum Gasteiger partial charge on any atom is -0.381 e. The number of H-pyrrole nitrogens is 1. The highest BCUT2D eigenvalue weighted by Gasteiger charge is 2.35. The molecule has 6 N–H and O–H groups in total. The molecule has 25 rings (SSSR count). The molecule has 3 aromatic carbocycles. The van der Waals surface area contributed by atoms with Gasteiger partial charge in [0.15, 0.2) is 46.3 Å². The van der Waals surface area contributed by atoms with E-state index in [0.717, 1.165) is 184 Å². The van der Waals surface area contributed by atoms with Crippen LogP contribution in [0, 0.1) is 12.7 Å². The number of fused-ring (bicyclic) bond motifs is 6. The summed E-state index contributed by atoms with van der Waals surface area (Å²) in [6, 6.07) is 37.5. The molecule has 5 amide bonds. The first-order valence-electron chi connectivity index (χ1n) is 47.2. The Kier molecular flexibility index (Phi) is 26.5. The van der Waals surface area contributed by atoms with Crippen LogP contribution >= 0.6 is 0 Å². The maximum Gasteiger partial charge on any atom is 0.292 e. The lowest BCUT2D eigenvalue weighted by Crippen LogP contribution is -2.38. The van der Waals surface area contributed by atoms with Gasteiger partial charge in [0, 0.05) is 250 Å². The topological polar surface area (TPSA) is 447 Å². The van der Waals surface area contributed by atoms with Crippen LogP contribution < -0.4 is 51.1 Å². The lowest BCUT2D eigenvalue weighted by molar-refractivity contribution is 0.0660. The normalized spacial score (nSPS) is 18.2. The Morgan fingerprint density at radius 1 is 0.426 bits per heavy atom. The number of rotatable bonds is 19. The Morgan fingerprint density at radius 3 is 1.49 bits per heavy atom. The van der Waals surface area contributed by atoms with Gasteiger partial charge in [-0.25, -0.2) is 53.9 Å². The third kappa shape index (κ3) is 20.6. The van der Waals surface area contributed by atoms with Gasteiger partial charge < -0.3 is 82.7 Å². The molecular formula is C98H101FN34O8. The Hall–Kier alpha value is -16.9. The van der Waals surface area contributed by atoms with Crippen LogP contribution in [0.1, 0.15) is 134 Å². The Labute approximate surface area is 804 Å². The molecule has 7 aliphatic rings. The molecule has 0 aliphatic carbocycles. The minimum atomic E-state index is -0.319. The summed E-state index contributed by atoms with van der Waals surface area (Å²) < 4.78 is 42.5. The van der Waals surface area contributed by atoms with E-state index >= 15 is 0 Å². The maximum absolute atomic E-state index is 13.1. The van der Waals surface area contributed by atoms with Crippen LogP contribution in [-0.2, 0) is 9.47 Å². The van der Waals surface area contributed by atoms with Crippen molar-refractivity contribution in [3.05, 3.63) is 285 Å². The molecule has 0 bridgehead atoms. The van der Waals surface area contributed by atoms with Crippen LogP contribution in [0.2, 0.25) is 0 Å². The summed E-state index contributed by atoms with van der Waals surface area (Å²) in [5.41, 5.74) is 9.00. The highest BCUT2D eigenvalue weighted by atomic mass is 19.1. The molecule has 5 atom stereocenters. The van der Waals surface area contributed by atoms with Gasteiger partial charge in [0.25, 0.3) is 35.4 Å². The van der Waals surface area contributed by atoms with Gasteiger partial charge in [0.2, 0.25) is 23.2 Å². The standard InChI is InChI=1S/C21H20N6O.C20H19N7O.C19H17FN8O.C19H23N7O2.C19H22N6O3/c1-14-4-5-17-15(11-14)12-23-19(25-17)21(28)24-16-6-9-27(13-16)20-18-3-2-8-26(18)10-7-22-20;28-20(18-23-17(24-25-18)14-5-2-1-3-6-14)22-15-8-11-27(13-15)19-16-7-4-10-26(16)12-9-21-19;20-13-1-3-15(4-2-13)28-9-6-16(25-28)19(29)23-14-5-8-26(11-14)17-18-24-22-12-27(18)10-7-21-17;27-19(16-2-8-26(23-16)15-3-11-28-12-4-15)22-14-1-7-25(13-14)18-17-20-5-9-24(17)10-6-21-18;26-18(16-22-19(28-23-16)13-4-10-27-11-5-13)21-14-3-8-25(12-14)17-15-2-1-7-24(15)9-6-20-17/h2-5,7-8,10-12,16H,6,9,13H2,1H3,(H,24,28);1-7,9-10,12,15H,8,11,13H2,(H,22,28)(H,23,24,25);1-4,6-7,9-10,12,14H,5,8,11H2,(H,23,29);2,5-6,8-10,14-15H,1,3-4,7,11-13H2,(H,22,27);1-2,6-7,9,13-14H,3-5,8,10-12H2,(H,21,26)/t16-;15-;3*14-/m00000/s1. The summed E-state index contributed by atoms with van der Waals surface area (Å²) in [5, 5.41) is 43.8. The third-order valence-electron chi connectivity index (χ3n) is 26.1. The van der Waals surface area contributed by atoms with E-state index < -0.39 is 0 Å². The van der Waals surface area contributed by atoms with E-state index in [0.29, 0.717) is 79.9 Å². The van der Waals surface area contributed by atoms with Crippen molar-refractivity contribution in [3.63, 3.8) is 0 Å². The van der Waals surface area contributed by atoms with Crippen LogP contribution in [0.3, 0.4) is 0 Å². The molecule has 7 saturated heterocycles. The molecule has 141 heavy (non-hydrogen) atoms. The predicted octanol–water partition coefficient (Wildman–Crippen LogP) is 9.09. The Morgan fingerprint density at radius 2 is 0.915 bits per heavy atom. The van der Waals surface area contributed by atoms with E-state index in [1.54, 1.807) is 91.0 Å². The molecule has 7 fully saturated rings. The second-order valence-electron chi connectivity index (χ2n) is 35.5. The van der Waals surface area contributed by atoms with E-state index in [9.17, 15) is 28.4 Å². The average Bonchev–Trinajstić information content (AvgIpc) is 1.67. The van der Waals surface area contributed by atoms with Gasteiger partial charge in [-0.2, -0.15) is 20.3 Å². The van der Waals surface area contributed by atoms with Crippen LogP contribution in [0.15, 0.2) is 244 Å². The van der Waals surface area contributed by atoms with E-state index in [1.165, 1.54) is 12.1 Å². The lowest BCUT2D eigenvalue weighted by atomic mass is 10.0. The number of hydrogen-bond acceptors (Lipinski definition) is 29. The number of benzene rings is 3. The zero-order chi connectivity index (χ0) is 95.7. The number of aromatic amines is 1. The third-order valence-corrected chi connectivity index (χ3v) is 26.1. The molecule has 7 aliphatic heterocycles. The van der Waals surface area contributed by atoms with Crippen molar-refractivity contribution in [2.24, 2.45) is 0 Å². The maximum atomic E-state index is 13.1. The first kappa shape index (κ1) is 90.6. The van der Waals surface area contributed by atoms with Crippen molar-refractivity contribution in [2.75, 3.05) is 116 Å². The first-order chi connectivity index (χ1) is 69.2. The van der Waals surface area contributed by atoms with Gasteiger partial charge in [-0.05, 0) is 150 Å². The number of imidazole rings is 1. The van der Waals surface area contributed by atoms with Crippen LogP contribution in [0.4, 0.5) is 33.5 Å². The largest absolute Gasteiger partial charge is 0.381 e. The molecule has 22 heterocycles. The highest BCUT2D eigenvalue weighted by molar-refractivity contribution is 5.95. The molecule has 718 valence electrons. The fraction of sp³-hybridized carbons (Fsp3) is 0.316. The number of carbonyl (C=O) groups excluding carboxylic acids is 5. The van der Waals surface area contributed by atoms with Crippen molar-refractivity contribution >= 4 is 97.4 Å². The smallest absolute Gasteiger partial charge is 0.292 e. The van der Waals surface area contributed by atoms with Crippen molar-refractivity contribution in [1.82, 2.24) is 144 Å². The number of amides is 5. The van der Waals surface area contributed by atoms with E-state index in [-0.39, 0.29) is 89.0 Å². The number of nitrogens with one attached hydrogen (secondary N) is 6. The van der Waals surface area contributed by atoms with Gasteiger partial charge in [0.1, 0.15) is 17.8 Å². The number of aromatic nitrogens is 24. The lowest BCUT2D eigenvalue weighted by Gasteiger charge is -2.22. The number of nitrogens with zero attached hydrogens (tertiary/aromatic N) is 28. The number of anilines is 5. The highest BCUT2D eigenvalue weighted by Crippen LogP contribution is 2.32. The second kappa shape index (κ2) is 41.2. The minimum absolute atomic E-state index is 0.0227. The van der Waals surface area contributed by atoms with Gasteiger partial charge >= 0.3 is 0 Å². The number of aryl methyl sites for hydroxylation is 1. The zero-order valence-corrected chi connectivity index (χ0v) is 77.0. The zero-order valence-electron chi connectivity index (χ0n) is 77.0. The average molecular weight is 1900 g/mol. The summed E-state index contributed by atoms with van der Waals surface area (Å²) in [7, 11) is 0. The molecule has 42 nitrogen and oxygen atoms in total. The summed E-state index contributed by atoms with van der Waals surface area (Å²) in [4.78, 5) is 118. The van der Waals surface area contributed by atoms with Gasteiger partial charge in [-0.1, -0.05) is 47.1 Å². The number of ether oxygens (including phenoxy) is 2. The van der Waals surface area contributed by atoms with E-state index in [4.69, 9.17) is 14.0 Å². The summed E-state index contributed by atoms with van der Waals surface area (Å²) >= 11 is 0. The Bertz CT molecular complexity index is 7280. The van der Waals surface area contributed by atoms with Crippen LogP contribution in [-0.4, -0.2) is 269 Å². The number of halogens is 1. The van der Waals surface area contributed by atoms with Crippen molar-refractivity contribution in [3.8, 4) is 17.1 Å². The summed E-state index contributed by atoms with van der Waals surface area (Å²) in [5.74, 6) is 4.75. The van der Waals surface area contributed by atoms with Crippen molar-refractivity contribution in [1.29, 1.82) is 0 Å². The summed E-state index contributed by atoms with van der Waals surface area (Å²) in [6.45, 7) is 12.5. The second-order valence-corrected chi connectivity index (χ2v) is 35.5. The molecule has 18 aromatic rings. The van der Waals surface area contributed by atoms with E-state index in [2.05, 4.69) is 147 Å². The molecule has 0 unspecified atom stereocenters. The molecule has 0 saturated carbocycles. The fourth-order valence-corrected chi connectivity index (χ4v) is 18.8. The van der Waals surface area contributed by atoms with E-state index in [1.807, 2.05) is 164 Å². The van der Waals surface area contributed by atoms with Crippen LogP contribution in [0.5, 0.6) is 0 Å². The molecule has 0 spiro atoms. The fourth-order valence-electron chi connectivity index (χ4n) is 18.8. The summed E-state index contributed by atoms with van der Waals surface area (Å²) in [6.07, 6.45) is 42.8. The van der Waals surface area contributed by atoms with Crippen molar-refractivity contribution < 1.29 is 42.4 Å². The molecular weight excluding hydrogens is 1800 g/mol.